The first-order valence-electron chi connectivity index (χ1n) is 11.3. The molecule has 0 unspecified atom stereocenters. The van der Waals surface area contributed by atoms with E-state index in [0.29, 0.717) is 40.4 Å². The van der Waals surface area contributed by atoms with Crippen LogP contribution in [0.2, 0.25) is 0 Å². The van der Waals surface area contributed by atoms with Gasteiger partial charge in [-0.05, 0) is 55.6 Å². The minimum absolute atomic E-state index is 0.107. The summed E-state index contributed by atoms with van der Waals surface area (Å²) in [5.41, 5.74) is 1.91. The summed E-state index contributed by atoms with van der Waals surface area (Å²) in [4.78, 5) is 19.9. The molecule has 0 amide bonds. The Morgan fingerprint density at radius 3 is 2.79 bits per heavy atom. The van der Waals surface area contributed by atoms with E-state index in [-0.39, 0.29) is 23.1 Å². The van der Waals surface area contributed by atoms with Gasteiger partial charge < -0.3 is 14.7 Å². The fraction of sp³-hybridized carbons (Fsp3) is 0.360. The molecular formula is C25H23FN6O. The van der Waals surface area contributed by atoms with Crippen LogP contribution in [0.3, 0.4) is 0 Å². The third kappa shape index (κ3) is 3.10. The number of nitrogens with one attached hydrogen (secondary N) is 2. The number of pyridine rings is 1. The fourth-order valence-electron chi connectivity index (χ4n) is 5.81. The number of furan rings is 1. The summed E-state index contributed by atoms with van der Waals surface area (Å²) in [6.45, 7) is 10.1. The molecule has 3 aliphatic carbocycles. The second-order valence-corrected chi connectivity index (χ2v) is 9.13. The molecule has 7 nitrogen and oxygen atoms in total. The Morgan fingerprint density at radius 1 is 1.24 bits per heavy atom. The normalized spacial score (nSPS) is 24.2. The third-order valence-corrected chi connectivity index (χ3v) is 7.54. The van der Waals surface area contributed by atoms with Crippen molar-refractivity contribution in [2.45, 2.75) is 38.6 Å². The summed E-state index contributed by atoms with van der Waals surface area (Å²) in [5, 5.41) is 4.19. The zero-order valence-electron chi connectivity index (χ0n) is 18.2. The zero-order valence-corrected chi connectivity index (χ0v) is 18.2. The van der Waals surface area contributed by atoms with E-state index in [1.807, 2.05) is 0 Å². The van der Waals surface area contributed by atoms with Crippen molar-refractivity contribution >= 4 is 22.5 Å². The Balaban J connectivity index is 1.55. The van der Waals surface area contributed by atoms with Gasteiger partial charge in [-0.15, -0.1) is 0 Å². The second-order valence-electron chi connectivity index (χ2n) is 9.13. The average Bonchev–Trinajstić information content (AvgIpc) is 3.52. The molecule has 4 aromatic rings. The number of anilines is 1. The highest BCUT2D eigenvalue weighted by atomic mass is 19.1. The molecule has 0 saturated heterocycles. The number of halogens is 1. The van der Waals surface area contributed by atoms with Gasteiger partial charge in [-0.1, -0.05) is 6.92 Å². The highest BCUT2D eigenvalue weighted by Crippen LogP contribution is 2.48. The Morgan fingerprint density at radius 2 is 2.06 bits per heavy atom. The average molecular weight is 442 g/mol. The largest absolute Gasteiger partial charge is 0.466 e. The molecule has 0 aromatic carbocycles. The topological polar surface area (TPSA) is 84.0 Å². The smallest absolute Gasteiger partial charge is 0.226 e. The molecule has 8 heteroatoms. The van der Waals surface area contributed by atoms with Gasteiger partial charge in [-0.3, -0.25) is 0 Å². The molecule has 4 aromatic heterocycles. The van der Waals surface area contributed by atoms with Crippen LogP contribution in [0.25, 0.3) is 38.5 Å². The minimum Gasteiger partial charge on any atom is -0.466 e. The van der Waals surface area contributed by atoms with Crippen LogP contribution in [0.1, 0.15) is 32.6 Å². The van der Waals surface area contributed by atoms with E-state index in [1.165, 1.54) is 25.4 Å². The van der Waals surface area contributed by atoms with Gasteiger partial charge in [0.25, 0.3) is 0 Å². The Bertz CT molecular complexity index is 1360. The standard InChI is InChI=1S/C25H23FN6O/c1-13-14-5-7-15(8-6-14)21(13)31-25-20(26)19(18-4-3-9-33-18)23(27-2)22(32-25)16-11-29-24-17(16)10-28-12-30-24/h3-4,9-15,21H,5-8H2,1H3,(H,31,32)(H,28,29,30)/t13-,14?,15?,21+/m0/s1. The molecule has 2 bridgehead atoms. The number of hydrogen-bond acceptors (Lipinski definition) is 5. The monoisotopic (exact) mass is 442 g/mol. The van der Waals surface area contributed by atoms with Crippen LogP contribution in [0, 0.1) is 30.1 Å². The van der Waals surface area contributed by atoms with Crippen LogP contribution >= 0.6 is 0 Å². The summed E-state index contributed by atoms with van der Waals surface area (Å²) in [5.74, 6) is 1.52. The van der Waals surface area contributed by atoms with E-state index < -0.39 is 5.82 Å². The van der Waals surface area contributed by atoms with E-state index >= 15 is 4.39 Å². The Kier molecular flexibility index (Phi) is 4.64. The van der Waals surface area contributed by atoms with Gasteiger partial charge in [0.15, 0.2) is 11.6 Å². The summed E-state index contributed by atoms with van der Waals surface area (Å²) < 4.78 is 21.5. The summed E-state index contributed by atoms with van der Waals surface area (Å²) >= 11 is 0. The maximum absolute atomic E-state index is 16.0. The molecular weight excluding hydrogens is 419 g/mol. The van der Waals surface area contributed by atoms with Crippen molar-refractivity contribution in [3.8, 4) is 22.6 Å². The maximum atomic E-state index is 16.0. The first-order chi connectivity index (χ1) is 16.2. The first kappa shape index (κ1) is 19.9. The summed E-state index contributed by atoms with van der Waals surface area (Å²) in [7, 11) is 0. The summed E-state index contributed by atoms with van der Waals surface area (Å²) in [6.07, 6.45) is 11.2. The van der Waals surface area contributed by atoms with Gasteiger partial charge in [-0.25, -0.2) is 24.2 Å². The molecule has 0 spiro atoms. The van der Waals surface area contributed by atoms with Crippen LogP contribution in [0.15, 0.2) is 41.5 Å². The number of fused-ring (bicyclic) bond motifs is 4. The molecule has 33 heavy (non-hydrogen) atoms. The highest BCUT2D eigenvalue weighted by Gasteiger charge is 2.42. The SMILES string of the molecule is [C-]#[N+]c1c(-c2c[nH]c3ncncc23)nc(N[C@H]2C3CCC(CC3)[C@@H]2C)c(F)c1-c1ccco1. The molecule has 7 rings (SSSR count). The molecule has 0 aliphatic heterocycles. The Labute approximate surface area is 190 Å². The van der Waals surface area contributed by atoms with Crippen molar-refractivity contribution in [2.75, 3.05) is 5.32 Å². The van der Waals surface area contributed by atoms with Crippen LogP contribution in [-0.4, -0.2) is 26.0 Å². The predicted molar refractivity (Wildman–Crippen MR) is 123 cm³/mol. The van der Waals surface area contributed by atoms with Crippen LogP contribution in [0.4, 0.5) is 15.9 Å². The van der Waals surface area contributed by atoms with Crippen molar-refractivity contribution in [1.82, 2.24) is 19.9 Å². The lowest BCUT2D eigenvalue weighted by Crippen LogP contribution is -2.47. The van der Waals surface area contributed by atoms with Gasteiger partial charge in [-0.2, -0.15) is 0 Å². The van der Waals surface area contributed by atoms with Gasteiger partial charge in [0, 0.05) is 29.4 Å². The van der Waals surface area contributed by atoms with Crippen molar-refractivity contribution < 1.29 is 8.81 Å². The number of hydrogen-bond donors (Lipinski definition) is 2. The number of aromatic amines is 1. The van der Waals surface area contributed by atoms with Crippen LogP contribution in [0.5, 0.6) is 0 Å². The lowest BCUT2D eigenvalue weighted by molar-refractivity contribution is 0.0926. The number of rotatable bonds is 4. The molecule has 3 aliphatic rings. The number of nitrogens with zero attached hydrogens (tertiary/aromatic N) is 4. The highest BCUT2D eigenvalue weighted by molar-refractivity contribution is 5.99. The van der Waals surface area contributed by atoms with E-state index in [1.54, 1.807) is 24.5 Å². The molecule has 2 atom stereocenters. The maximum Gasteiger partial charge on any atom is 0.226 e. The molecule has 3 saturated carbocycles. The fourth-order valence-corrected chi connectivity index (χ4v) is 5.81. The van der Waals surface area contributed by atoms with E-state index in [0.717, 1.165) is 18.2 Å². The summed E-state index contributed by atoms with van der Waals surface area (Å²) in [6, 6.07) is 3.52. The lowest BCUT2D eigenvalue weighted by atomic mass is 9.62. The lowest BCUT2D eigenvalue weighted by Gasteiger charge is -2.47. The number of H-pyrrole nitrogens is 1. The number of aromatic nitrogens is 4. The van der Waals surface area contributed by atoms with Gasteiger partial charge in [0.05, 0.1) is 24.1 Å². The first-order valence-corrected chi connectivity index (χ1v) is 11.3. The Hall–Kier alpha value is -3.73. The van der Waals surface area contributed by atoms with Crippen molar-refractivity contribution in [3.63, 3.8) is 0 Å². The van der Waals surface area contributed by atoms with E-state index in [2.05, 4.69) is 32.0 Å². The molecule has 3 fully saturated rings. The van der Waals surface area contributed by atoms with Crippen LogP contribution in [-0.2, 0) is 0 Å². The molecule has 0 radical (unpaired) electrons. The third-order valence-electron chi connectivity index (χ3n) is 7.54. The molecule has 4 heterocycles. The van der Waals surface area contributed by atoms with E-state index in [4.69, 9.17) is 16.0 Å². The van der Waals surface area contributed by atoms with Gasteiger partial charge in [0.1, 0.15) is 17.7 Å². The molecule has 166 valence electrons. The van der Waals surface area contributed by atoms with Gasteiger partial charge >= 0.3 is 0 Å². The van der Waals surface area contributed by atoms with Crippen LogP contribution < -0.4 is 5.32 Å². The van der Waals surface area contributed by atoms with Crippen molar-refractivity contribution in [2.24, 2.45) is 17.8 Å². The predicted octanol–water partition coefficient (Wildman–Crippen LogP) is 6.21. The van der Waals surface area contributed by atoms with Crippen molar-refractivity contribution in [3.05, 3.63) is 54.4 Å². The van der Waals surface area contributed by atoms with Gasteiger partial charge in [0.2, 0.25) is 5.69 Å². The van der Waals surface area contributed by atoms with E-state index in [9.17, 15) is 0 Å². The second kappa shape index (κ2) is 7.69. The zero-order chi connectivity index (χ0) is 22.5. The quantitative estimate of drug-likeness (QED) is 0.367. The minimum atomic E-state index is -0.551. The van der Waals surface area contributed by atoms with Crippen molar-refractivity contribution in [1.29, 1.82) is 0 Å². The molecule has 2 N–H and O–H groups in total.